The minimum absolute atomic E-state index is 0.0638. The molecule has 0 unspecified atom stereocenters. The van der Waals surface area contributed by atoms with Crippen molar-refractivity contribution in [3.05, 3.63) is 181 Å². The van der Waals surface area contributed by atoms with Gasteiger partial charge in [0.25, 0.3) is 0 Å². The maximum Gasteiger partial charge on any atom is 0.151 e. The summed E-state index contributed by atoms with van der Waals surface area (Å²) in [7, 11) is 0. The standard InChI is InChI=1S/C45H34N2O/c1-45(2)37-16-7-6-15-36(37)44-38(45)17-12-20-41(44)46(33-13-4-3-5-14-33)34-27-23-31(24-28-34)32-25-29-35(30-26-32)47-39-18-8-10-21-42(39)48-43-22-11-9-19-40(43)47/h3-30H,1-2H3. The molecule has 0 atom stereocenters. The van der Waals surface area contributed by atoms with Crippen molar-refractivity contribution in [1.82, 2.24) is 0 Å². The Labute approximate surface area is 281 Å². The van der Waals surface area contributed by atoms with Crippen LogP contribution >= 0.6 is 0 Å². The molecule has 230 valence electrons. The Kier molecular flexibility index (Phi) is 6.48. The lowest BCUT2D eigenvalue weighted by Gasteiger charge is -2.32. The molecule has 0 saturated heterocycles. The van der Waals surface area contributed by atoms with E-state index in [1.54, 1.807) is 0 Å². The summed E-state index contributed by atoms with van der Waals surface area (Å²) in [4.78, 5) is 4.67. The van der Waals surface area contributed by atoms with Crippen molar-refractivity contribution in [2.24, 2.45) is 0 Å². The summed E-state index contributed by atoms with van der Waals surface area (Å²) >= 11 is 0. The van der Waals surface area contributed by atoms with Crippen LogP contribution in [0.25, 0.3) is 22.3 Å². The van der Waals surface area contributed by atoms with E-state index in [9.17, 15) is 0 Å². The van der Waals surface area contributed by atoms with Crippen molar-refractivity contribution in [3.8, 4) is 33.8 Å². The van der Waals surface area contributed by atoms with Gasteiger partial charge in [0.15, 0.2) is 11.5 Å². The van der Waals surface area contributed by atoms with E-state index in [0.29, 0.717) is 0 Å². The molecular weight excluding hydrogens is 585 g/mol. The second-order valence-corrected chi connectivity index (χ2v) is 13.0. The third-order valence-electron chi connectivity index (χ3n) is 9.86. The molecule has 1 aliphatic heterocycles. The number of ether oxygens (including phenoxy) is 1. The minimum Gasteiger partial charge on any atom is -0.453 e. The number of para-hydroxylation sites is 5. The van der Waals surface area contributed by atoms with Gasteiger partial charge in [-0.25, -0.2) is 0 Å². The third kappa shape index (κ3) is 4.43. The van der Waals surface area contributed by atoms with Gasteiger partial charge in [0.2, 0.25) is 0 Å². The van der Waals surface area contributed by atoms with E-state index in [4.69, 9.17) is 4.74 Å². The van der Waals surface area contributed by atoms with Gasteiger partial charge in [0, 0.05) is 28.0 Å². The highest BCUT2D eigenvalue weighted by Crippen LogP contribution is 2.54. The Balaban J connectivity index is 1.09. The average Bonchev–Trinajstić information content (AvgIpc) is 3.38. The van der Waals surface area contributed by atoms with Gasteiger partial charge in [-0.05, 0) is 94.5 Å². The second kappa shape index (κ2) is 11.0. The molecule has 48 heavy (non-hydrogen) atoms. The highest BCUT2D eigenvalue weighted by Gasteiger charge is 2.37. The maximum absolute atomic E-state index is 6.22. The summed E-state index contributed by atoms with van der Waals surface area (Å²) in [5, 5.41) is 0. The fraction of sp³-hybridized carbons (Fsp3) is 0.0667. The van der Waals surface area contributed by atoms with Crippen LogP contribution in [0.4, 0.5) is 34.1 Å². The molecule has 0 fully saturated rings. The van der Waals surface area contributed by atoms with Crippen LogP contribution < -0.4 is 14.5 Å². The van der Waals surface area contributed by atoms with Gasteiger partial charge in [-0.2, -0.15) is 0 Å². The SMILES string of the molecule is CC1(C)c2ccccc2-c2c(N(c3ccccc3)c3ccc(-c4ccc(N5c6ccccc6Oc6ccccc65)cc4)cc3)cccc21. The highest BCUT2D eigenvalue weighted by molar-refractivity contribution is 5.95. The Morgan fingerprint density at radius 2 is 1.02 bits per heavy atom. The summed E-state index contributed by atoms with van der Waals surface area (Å²) in [6, 6.07) is 60.5. The summed E-state index contributed by atoms with van der Waals surface area (Å²) in [6.07, 6.45) is 0. The van der Waals surface area contributed by atoms with Crippen molar-refractivity contribution < 1.29 is 4.74 Å². The first kappa shape index (κ1) is 28.2. The zero-order valence-electron chi connectivity index (χ0n) is 27.0. The number of fused-ring (bicyclic) bond motifs is 5. The van der Waals surface area contributed by atoms with Crippen molar-refractivity contribution >= 4 is 34.1 Å². The van der Waals surface area contributed by atoms with Gasteiger partial charge in [0.1, 0.15) is 0 Å². The fourth-order valence-electron chi connectivity index (χ4n) is 7.51. The van der Waals surface area contributed by atoms with E-state index in [1.165, 1.54) is 39.1 Å². The summed E-state index contributed by atoms with van der Waals surface area (Å²) in [5.74, 6) is 1.71. The topological polar surface area (TPSA) is 15.7 Å². The Morgan fingerprint density at radius 1 is 0.479 bits per heavy atom. The van der Waals surface area contributed by atoms with Gasteiger partial charge in [-0.1, -0.05) is 117 Å². The van der Waals surface area contributed by atoms with Crippen LogP contribution in [0.2, 0.25) is 0 Å². The zero-order chi connectivity index (χ0) is 32.2. The molecule has 3 heteroatoms. The quantitative estimate of drug-likeness (QED) is 0.191. The van der Waals surface area contributed by atoms with Crippen LogP contribution in [0.15, 0.2) is 170 Å². The molecule has 0 bridgehead atoms. The van der Waals surface area contributed by atoms with E-state index in [-0.39, 0.29) is 5.41 Å². The van der Waals surface area contributed by atoms with Crippen molar-refractivity contribution in [1.29, 1.82) is 0 Å². The van der Waals surface area contributed by atoms with Gasteiger partial charge in [-0.15, -0.1) is 0 Å². The molecule has 0 aromatic heterocycles. The molecule has 0 saturated carbocycles. The van der Waals surface area contributed by atoms with E-state index in [1.807, 2.05) is 24.3 Å². The first-order valence-corrected chi connectivity index (χ1v) is 16.5. The van der Waals surface area contributed by atoms with Crippen LogP contribution in [-0.4, -0.2) is 0 Å². The fourth-order valence-corrected chi connectivity index (χ4v) is 7.51. The first-order chi connectivity index (χ1) is 23.6. The van der Waals surface area contributed by atoms with Crippen molar-refractivity contribution in [3.63, 3.8) is 0 Å². The molecule has 0 N–H and O–H groups in total. The number of nitrogens with zero attached hydrogens (tertiary/aromatic N) is 2. The normalized spacial score (nSPS) is 13.5. The number of hydrogen-bond donors (Lipinski definition) is 0. The molecule has 9 rings (SSSR count). The van der Waals surface area contributed by atoms with Crippen LogP contribution in [0.5, 0.6) is 11.5 Å². The molecule has 1 aliphatic carbocycles. The summed E-state index contributed by atoms with van der Waals surface area (Å²) in [6.45, 7) is 4.68. The molecule has 0 radical (unpaired) electrons. The van der Waals surface area contributed by atoms with E-state index < -0.39 is 0 Å². The lowest BCUT2D eigenvalue weighted by atomic mass is 9.82. The van der Waals surface area contributed by atoms with E-state index in [2.05, 4.69) is 169 Å². The van der Waals surface area contributed by atoms with Crippen molar-refractivity contribution in [2.45, 2.75) is 19.3 Å². The van der Waals surface area contributed by atoms with Gasteiger partial charge >= 0.3 is 0 Å². The van der Waals surface area contributed by atoms with Crippen LogP contribution in [0.3, 0.4) is 0 Å². The molecule has 2 aliphatic rings. The van der Waals surface area contributed by atoms with Gasteiger partial charge in [0.05, 0.1) is 17.1 Å². The predicted molar refractivity (Wildman–Crippen MR) is 199 cm³/mol. The van der Waals surface area contributed by atoms with E-state index >= 15 is 0 Å². The smallest absolute Gasteiger partial charge is 0.151 e. The highest BCUT2D eigenvalue weighted by atomic mass is 16.5. The van der Waals surface area contributed by atoms with Gasteiger partial charge < -0.3 is 14.5 Å². The Hall–Kier alpha value is -6.06. The average molecular weight is 619 g/mol. The lowest BCUT2D eigenvalue weighted by molar-refractivity contribution is 0.477. The Bertz CT molecular complexity index is 2240. The number of anilines is 6. The zero-order valence-corrected chi connectivity index (χ0v) is 27.0. The number of hydrogen-bond acceptors (Lipinski definition) is 3. The van der Waals surface area contributed by atoms with Crippen LogP contribution in [0, 0.1) is 0 Å². The largest absolute Gasteiger partial charge is 0.453 e. The van der Waals surface area contributed by atoms with Crippen molar-refractivity contribution in [2.75, 3.05) is 9.80 Å². The predicted octanol–water partition coefficient (Wildman–Crippen LogP) is 12.7. The van der Waals surface area contributed by atoms with Gasteiger partial charge in [-0.3, -0.25) is 0 Å². The second-order valence-electron chi connectivity index (χ2n) is 13.0. The number of benzene rings is 7. The lowest BCUT2D eigenvalue weighted by Crippen LogP contribution is -2.16. The minimum atomic E-state index is -0.0638. The molecule has 0 amide bonds. The van der Waals surface area contributed by atoms with Crippen LogP contribution in [-0.2, 0) is 5.41 Å². The molecule has 7 aromatic rings. The molecule has 7 aromatic carbocycles. The molecule has 0 spiro atoms. The van der Waals surface area contributed by atoms with E-state index in [0.717, 1.165) is 39.9 Å². The molecule has 1 heterocycles. The number of rotatable bonds is 5. The molecular formula is C45H34N2O. The Morgan fingerprint density at radius 3 is 1.71 bits per heavy atom. The summed E-state index contributed by atoms with van der Waals surface area (Å²) < 4.78 is 6.22. The maximum atomic E-state index is 6.22. The summed E-state index contributed by atoms with van der Waals surface area (Å²) in [5.41, 5.74) is 14.3. The third-order valence-corrected chi connectivity index (χ3v) is 9.86. The molecule has 3 nitrogen and oxygen atoms in total. The first-order valence-electron chi connectivity index (χ1n) is 16.5. The monoisotopic (exact) mass is 618 g/mol. The van der Waals surface area contributed by atoms with Crippen LogP contribution in [0.1, 0.15) is 25.0 Å².